The van der Waals surface area contributed by atoms with Crippen LogP contribution >= 0.6 is 11.6 Å². The van der Waals surface area contributed by atoms with Gasteiger partial charge in [0.25, 0.3) is 0 Å². The minimum atomic E-state index is 0.283. The second-order valence-corrected chi connectivity index (χ2v) is 3.94. The number of phenols is 1. The Hall–Kier alpha value is -1.47. The van der Waals surface area contributed by atoms with Crippen LogP contribution in [0.4, 0.5) is 0 Å². The highest BCUT2D eigenvalue weighted by Gasteiger charge is 2.01. The number of rotatable bonds is 1. The van der Waals surface area contributed by atoms with Crippen molar-refractivity contribution in [2.45, 2.75) is 6.92 Å². The first-order valence-electron chi connectivity index (χ1n) is 4.72. The molecule has 0 aliphatic rings. The topological polar surface area (TPSA) is 20.2 Å². The van der Waals surface area contributed by atoms with Crippen LogP contribution in [0.1, 0.15) is 5.56 Å². The van der Waals surface area contributed by atoms with Crippen molar-refractivity contribution in [3.05, 3.63) is 53.1 Å². The van der Waals surface area contributed by atoms with E-state index in [1.165, 1.54) is 0 Å². The van der Waals surface area contributed by atoms with Crippen LogP contribution in [-0.2, 0) is 0 Å². The zero-order valence-corrected chi connectivity index (χ0v) is 9.12. The first-order valence-corrected chi connectivity index (χ1v) is 5.10. The summed E-state index contributed by atoms with van der Waals surface area (Å²) < 4.78 is 0. The van der Waals surface area contributed by atoms with E-state index in [2.05, 4.69) is 0 Å². The maximum absolute atomic E-state index is 9.20. The van der Waals surface area contributed by atoms with Crippen LogP contribution in [0, 0.1) is 6.92 Å². The molecule has 76 valence electrons. The Labute approximate surface area is 94.0 Å². The van der Waals surface area contributed by atoms with Gasteiger partial charge in [0.15, 0.2) is 0 Å². The molecule has 0 aliphatic carbocycles. The van der Waals surface area contributed by atoms with Crippen molar-refractivity contribution in [2.75, 3.05) is 0 Å². The molecule has 0 heterocycles. The van der Waals surface area contributed by atoms with Gasteiger partial charge in [0.1, 0.15) is 5.75 Å². The van der Waals surface area contributed by atoms with Gasteiger partial charge in [0.2, 0.25) is 0 Å². The Morgan fingerprint density at radius 1 is 1.00 bits per heavy atom. The summed E-state index contributed by atoms with van der Waals surface area (Å²) in [5.74, 6) is 0.283. The molecule has 0 saturated carbocycles. The summed E-state index contributed by atoms with van der Waals surface area (Å²) in [6.07, 6.45) is 0. The maximum Gasteiger partial charge on any atom is 0.115 e. The van der Waals surface area contributed by atoms with Gasteiger partial charge in [-0.25, -0.2) is 0 Å². The maximum atomic E-state index is 9.20. The Morgan fingerprint density at radius 2 is 1.67 bits per heavy atom. The zero-order valence-electron chi connectivity index (χ0n) is 8.37. The molecule has 0 amide bonds. The van der Waals surface area contributed by atoms with Crippen molar-refractivity contribution in [3.8, 4) is 16.9 Å². The van der Waals surface area contributed by atoms with E-state index < -0.39 is 0 Å². The molecule has 2 heteroatoms. The number of hydrogen-bond acceptors (Lipinski definition) is 1. The van der Waals surface area contributed by atoms with E-state index in [4.69, 9.17) is 11.6 Å². The van der Waals surface area contributed by atoms with Crippen LogP contribution in [0.3, 0.4) is 0 Å². The third kappa shape index (κ3) is 2.13. The highest BCUT2D eigenvalue weighted by atomic mass is 35.5. The average molecular weight is 219 g/mol. The van der Waals surface area contributed by atoms with Crippen molar-refractivity contribution in [1.82, 2.24) is 0 Å². The minimum Gasteiger partial charge on any atom is -0.508 e. The molecule has 0 aromatic heterocycles. The molecule has 2 aromatic carbocycles. The molecule has 15 heavy (non-hydrogen) atoms. The highest BCUT2D eigenvalue weighted by Crippen LogP contribution is 2.26. The van der Waals surface area contributed by atoms with Gasteiger partial charge in [-0.3, -0.25) is 0 Å². The van der Waals surface area contributed by atoms with E-state index in [1.807, 2.05) is 37.3 Å². The van der Waals surface area contributed by atoms with Crippen LogP contribution in [0.2, 0.25) is 5.02 Å². The van der Waals surface area contributed by atoms with Gasteiger partial charge in [-0.1, -0.05) is 29.8 Å². The summed E-state index contributed by atoms with van der Waals surface area (Å²) in [5.41, 5.74) is 3.36. The molecular weight excluding hydrogens is 208 g/mol. The lowest BCUT2D eigenvalue weighted by atomic mass is 10.0. The van der Waals surface area contributed by atoms with Crippen molar-refractivity contribution in [2.24, 2.45) is 0 Å². The quantitative estimate of drug-likeness (QED) is 0.767. The van der Waals surface area contributed by atoms with E-state index in [-0.39, 0.29) is 5.75 Å². The van der Waals surface area contributed by atoms with Gasteiger partial charge in [0, 0.05) is 5.02 Å². The molecule has 1 nitrogen and oxygen atoms in total. The van der Waals surface area contributed by atoms with Gasteiger partial charge in [-0.2, -0.15) is 0 Å². The third-order valence-electron chi connectivity index (χ3n) is 2.37. The molecule has 0 bridgehead atoms. The Kier molecular flexibility index (Phi) is 2.65. The molecule has 0 spiro atoms. The standard InChI is InChI=1S/C13H11ClO/c1-9-8-11(14)4-7-13(9)10-2-5-12(15)6-3-10/h2-8,15H,1H3. The predicted molar refractivity (Wildman–Crippen MR) is 63.3 cm³/mol. The summed E-state index contributed by atoms with van der Waals surface area (Å²) in [6.45, 7) is 2.02. The largest absolute Gasteiger partial charge is 0.508 e. The summed E-state index contributed by atoms with van der Waals surface area (Å²) in [7, 11) is 0. The van der Waals surface area contributed by atoms with E-state index >= 15 is 0 Å². The molecular formula is C13H11ClO. The van der Waals surface area contributed by atoms with Crippen LogP contribution in [0.15, 0.2) is 42.5 Å². The number of hydrogen-bond donors (Lipinski definition) is 1. The number of benzene rings is 2. The van der Waals surface area contributed by atoms with E-state index in [1.54, 1.807) is 12.1 Å². The van der Waals surface area contributed by atoms with Crippen LogP contribution in [-0.4, -0.2) is 5.11 Å². The Bertz CT molecular complexity index is 474. The highest BCUT2D eigenvalue weighted by molar-refractivity contribution is 6.30. The molecule has 0 saturated heterocycles. The molecule has 0 radical (unpaired) electrons. The minimum absolute atomic E-state index is 0.283. The van der Waals surface area contributed by atoms with Gasteiger partial charge in [-0.05, 0) is 47.9 Å². The van der Waals surface area contributed by atoms with Crippen molar-refractivity contribution >= 4 is 11.6 Å². The molecule has 0 fully saturated rings. The van der Waals surface area contributed by atoms with Crippen LogP contribution < -0.4 is 0 Å². The molecule has 2 aromatic rings. The van der Waals surface area contributed by atoms with E-state index in [0.717, 1.165) is 21.7 Å². The van der Waals surface area contributed by atoms with Gasteiger partial charge >= 0.3 is 0 Å². The number of phenolic OH excluding ortho intramolecular Hbond substituents is 1. The van der Waals surface area contributed by atoms with E-state index in [0.29, 0.717) is 0 Å². The van der Waals surface area contributed by atoms with Gasteiger partial charge in [-0.15, -0.1) is 0 Å². The average Bonchev–Trinajstić information content (AvgIpc) is 2.20. The van der Waals surface area contributed by atoms with Crippen LogP contribution in [0.5, 0.6) is 5.75 Å². The molecule has 0 aliphatic heterocycles. The zero-order chi connectivity index (χ0) is 10.8. The fraction of sp³-hybridized carbons (Fsp3) is 0.0769. The lowest BCUT2D eigenvalue weighted by Crippen LogP contribution is -1.82. The lowest BCUT2D eigenvalue weighted by Gasteiger charge is -2.06. The molecule has 2 rings (SSSR count). The third-order valence-corrected chi connectivity index (χ3v) is 2.60. The van der Waals surface area contributed by atoms with Crippen LogP contribution in [0.25, 0.3) is 11.1 Å². The van der Waals surface area contributed by atoms with Crippen molar-refractivity contribution in [3.63, 3.8) is 0 Å². The number of halogens is 1. The predicted octanol–water partition coefficient (Wildman–Crippen LogP) is 4.02. The normalized spacial score (nSPS) is 10.3. The SMILES string of the molecule is Cc1cc(Cl)ccc1-c1ccc(O)cc1. The molecule has 0 unspecified atom stereocenters. The second kappa shape index (κ2) is 3.95. The number of aryl methyl sites for hydroxylation is 1. The van der Waals surface area contributed by atoms with Gasteiger partial charge < -0.3 is 5.11 Å². The fourth-order valence-electron chi connectivity index (χ4n) is 1.59. The Balaban J connectivity index is 2.49. The summed E-state index contributed by atoms with van der Waals surface area (Å²) in [6, 6.07) is 13.0. The Morgan fingerprint density at radius 3 is 2.27 bits per heavy atom. The number of aromatic hydroxyl groups is 1. The van der Waals surface area contributed by atoms with Gasteiger partial charge in [0.05, 0.1) is 0 Å². The van der Waals surface area contributed by atoms with Crippen molar-refractivity contribution < 1.29 is 5.11 Å². The summed E-state index contributed by atoms with van der Waals surface area (Å²) in [4.78, 5) is 0. The first-order chi connectivity index (χ1) is 7.16. The van der Waals surface area contributed by atoms with Crippen molar-refractivity contribution in [1.29, 1.82) is 0 Å². The lowest BCUT2D eigenvalue weighted by molar-refractivity contribution is 0.475. The molecule has 1 N–H and O–H groups in total. The smallest absolute Gasteiger partial charge is 0.115 e. The molecule has 0 atom stereocenters. The summed E-state index contributed by atoms with van der Waals surface area (Å²) >= 11 is 5.89. The fourth-order valence-corrected chi connectivity index (χ4v) is 1.82. The first kappa shape index (κ1) is 10.1. The second-order valence-electron chi connectivity index (χ2n) is 3.51. The summed E-state index contributed by atoms with van der Waals surface area (Å²) in [5, 5.41) is 9.94. The van der Waals surface area contributed by atoms with E-state index in [9.17, 15) is 5.11 Å². The monoisotopic (exact) mass is 218 g/mol.